The van der Waals surface area contributed by atoms with Gasteiger partial charge in [-0.25, -0.2) is 4.98 Å². The molecule has 0 radical (unpaired) electrons. The number of hydrogen-bond acceptors (Lipinski definition) is 4. The van der Waals surface area contributed by atoms with Crippen molar-refractivity contribution in [2.75, 3.05) is 13.1 Å². The van der Waals surface area contributed by atoms with Crippen molar-refractivity contribution in [3.05, 3.63) is 57.7 Å². The van der Waals surface area contributed by atoms with Crippen LogP contribution in [0.3, 0.4) is 0 Å². The number of aryl methyl sites for hydroxylation is 2. The molecule has 2 N–H and O–H groups in total. The lowest BCUT2D eigenvalue weighted by Crippen LogP contribution is -2.60. The topological polar surface area (TPSA) is 95.9 Å². The van der Waals surface area contributed by atoms with Crippen molar-refractivity contribution in [2.24, 2.45) is 0 Å². The van der Waals surface area contributed by atoms with Gasteiger partial charge in [0.1, 0.15) is 11.5 Å². The first kappa shape index (κ1) is 26.2. The molecule has 2 amide bonds. The Morgan fingerprint density at radius 1 is 1.25 bits per heavy atom. The van der Waals surface area contributed by atoms with Crippen LogP contribution in [0.2, 0.25) is 10.2 Å². The van der Waals surface area contributed by atoms with Gasteiger partial charge in [-0.05, 0) is 49.5 Å². The van der Waals surface area contributed by atoms with E-state index in [2.05, 4.69) is 53.9 Å². The number of hydrogen-bond donors (Lipinski definition) is 2. The molecule has 1 saturated heterocycles. The van der Waals surface area contributed by atoms with E-state index in [1.54, 1.807) is 4.90 Å². The molecule has 192 valence electrons. The number of nitrogens with one attached hydrogen (secondary N) is 2. The van der Waals surface area contributed by atoms with Crippen molar-refractivity contribution in [1.29, 1.82) is 0 Å². The molecule has 1 fully saturated rings. The molecule has 3 heterocycles. The molecule has 0 saturated carbocycles. The summed E-state index contributed by atoms with van der Waals surface area (Å²) < 4.78 is 1.89. The number of fused-ring (bicyclic) bond motifs is 1. The van der Waals surface area contributed by atoms with Gasteiger partial charge in [-0.1, -0.05) is 50.6 Å². The number of carbonyl (C=O) groups is 2. The fourth-order valence-electron chi connectivity index (χ4n) is 4.60. The van der Waals surface area contributed by atoms with E-state index >= 15 is 0 Å². The van der Waals surface area contributed by atoms with Crippen LogP contribution < -0.4 is 5.32 Å². The van der Waals surface area contributed by atoms with E-state index in [-0.39, 0.29) is 34.5 Å². The highest BCUT2D eigenvalue weighted by Gasteiger charge is 2.33. The monoisotopic (exact) mass is 530 g/mol. The summed E-state index contributed by atoms with van der Waals surface area (Å²) >= 11 is 13.0. The van der Waals surface area contributed by atoms with E-state index in [0.29, 0.717) is 36.6 Å². The molecule has 0 spiro atoms. The molecule has 8 nitrogen and oxygen atoms in total. The van der Waals surface area contributed by atoms with Crippen molar-refractivity contribution < 1.29 is 9.59 Å². The summed E-state index contributed by atoms with van der Waals surface area (Å²) in [5.74, 6) is 0.292. The van der Waals surface area contributed by atoms with Crippen molar-refractivity contribution >= 4 is 45.9 Å². The SMILES string of the molecule is C=CC(=O)N1CC(NC(=O)c2c(Cl)nc(CCc3[nH]nc4cc(Cl)c(C(C)(C)C)cc34)n2C(C)C)C1. The van der Waals surface area contributed by atoms with Gasteiger partial charge < -0.3 is 14.8 Å². The number of aromatic nitrogens is 4. The second-order valence-electron chi connectivity index (χ2n) is 10.6. The van der Waals surface area contributed by atoms with Crippen LogP contribution in [-0.2, 0) is 23.1 Å². The Balaban J connectivity index is 1.54. The number of imidazole rings is 1. The van der Waals surface area contributed by atoms with Gasteiger partial charge in [0, 0.05) is 41.7 Å². The molecule has 2 aromatic heterocycles. The van der Waals surface area contributed by atoms with Gasteiger partial charge in [-0.15, -0.1) is 0 Å². The number of carbonyl (C=O) groups excluding carboxylic acids is 2. The van der Waals surface area contributed by atoms with Gasteiger partial charge in [-0.3, -0.25) is 14.7 Å². The predicted octanol–water partition coefficient (Wildman–Crippen LogP) is 4.86. The number of likely N-dealkylation sites (tertiary alicyclic amines) is 1. The molecular formula is C26H32Cl2N6O2. The molecule has 3 aromatic rings. The maximum absolute atomic E-state index is 13.1. The zero-order valence-corrected chi connectivity index (χ0v) is 22.8. The number of halogens is 2. The van der Waals surface area contributed by atoms with Crippen LogP contribution in [0.15, 0.2) is 24.8 Å². The number of aromatic amines is 1. The molecular weight excluding hydrogens is 499 g/mol. The van der Waals surface area contributed by atoms with Crippen LogP contribution in [0.25, 0.3) is 10.9 Å². The summed E-state index contributed by atoms with van der Waals surface area (Å²) in [5.41, 5.74) is 3.10. The minimum absolute atomic E-state index is 0.0224. The number of nitrogens with zero attached hydrogens (tertiary/aromatic N) is 4. The number of H-pyrrole nitrogens is 1. The second-order valence-corrected chi connectivity index (χ2v) is 11.3. The minimum Gasteiger partial charge on any atom is -0.344 e. The summed E-state index contributed by atoms with van der Waals surface area (Å²) in [4.78, 5) is 31.0. The Kier molecular flexibility index (Phi) is 7.21. The van der Waals surface area contributed by atoms with Crippen molar-refractivity contribution in [3.8, 4) is 0 Å². The van der Waals surface area contributed by atoms with Gasteiger partial charge in [-0.2, -0.15) is 5.10 Å². The Labute approximate surface area is 221 Å². The van der Waals surface area contributed by atoms with Crippen LogP contribution in [0, 0.1) is 0 Å². The van der Waals surface area contributed by atoms with E-state index < -0.39 is 0 Å². The van der Waals surface area contributed by atoms with E-state index in [4.69, 9.17) is 23.2 Å². The molecule has 0 atom stereocenters. The lowest BCUT2D eigenvalue weighted by Gasteiger charge is -2.38. The zero-order valence-electron chi connectivity index (χ0n) is 21.3. The first-order valence-corrected chi connectivity index (χ1v) is 12.8. The third-order valence-electron chi connectivity index (χ3n) is 6.50. The fourth-order valence-corrected chi connectivity index (χ4v) is 5.32. The average Bonchev–Trinajstić information content (AvgIpc) is 3.32. The van der Waals surface area contributed by atoms with Crippen molar-refractivity contribution in [3.63, 3.8) is 0 Å². The van der Waals surface area contributed by atoms with Gasteiger partial charge in [0.05, 0.1) is 11.6 Å². The summed E-state index contributed by atoms with van der Waals surface area (Å²) in [7, 11) is 0. The first-order chi connectivity index (χ1) is 16.9. The normalized spacial score (nSPS) is 14.4. The van der Waals surface area contributed by atoms with Crippen LogP contribution in [0.4, 0.5) is 0 Å². The standard InChI is InChI=1S/C26H32Cl2N6O2/c1-7-22(35)33-12-15(13-33)29-25(36)23-24(28)30-21(34(23)14(2)3)9-8-19-16-10-17(26(4,5)6)18(27)11-20(16)32-31-19/h7,10-11,14-15H,1,8-9,12-13H2,2-6H3,(H,29,36)(H,31,32). The molecule has 0 unspecified atom stereocenters. The highest BCUT2D eigenvalue weighted by Crippen LogP contribution is 2.34. The number of amides is 2. The number of rotatable bonds is 7. The average molecular weight is 531 g/mol. The summed E-state index contributed by atoms with van der Waals surface area (Å²) in [5, 5.41) is 12.5. The minimum atomic E-state index is -0.292. The second kappa shape index (κ2) is 9.90. The van der Waals surface area contributed by atoms with E-state index in [0.717, 1.165) is 28.0 Å². The van der Waals surface area contributed by atoms with Crippen LogP contribution in [-0.4, -0.2) is 55.6 Å². The quantitative estimate of drug-likeness (QED) is 0.426. The van der Waals surface area contributed by atoms with Gasteiger partial charge in [0.15, 0.2) is 5.15 Å². The molecule has 1 aliphatic rings. The molecule has 0 aliphatic carbocycles. The molecule has 1 aliphatic heterocycles. The van der Waals surface area contributed by atoms with Gasteiger partial charge in [0.25, 0.3) is 5.91 Å². The van der Waals surface area contributed by atoms with Gasteiger partial charge >= 0.3 is 0 Å². The predicted molar refractivity (Wildman–Crippen MR) is 143 cm³/mol. The Morgan fingerprint density at radius 3 is 2.56 bits per heavy atom. The maximum atomic E-state index is 13.1. The van der Waals surface area contributed by atoms with Crippen molar-refractivity contribution in [2.45, 2.75) is 65.0 Å². The fraction of sp³-hybridized carbons (Fsp3) is 0.462. The smallest absolute Gasteiger partial charge is 0.271 e. The molecule has 36 heavy (non-hydrogen) atoms. The Bertz CT molecular complexity index is 1330. The number of benzene rings is 1. The summed E-state index contributed by atoms with van der Waals surface area (Å²) in [6.07, 6.45) is 2.49. The summed E-state index contributed by atoms with van der Waals surface area (Å²) in [6, 6.07) is 3.86. The largest absolute Gasteiger partial charge is 0.344 e. The molecule has 10 heteroatoms. The van der Waals surface area contributed by atoms with Crippen LogP contribution >= 0.6 is 23.2 Å². The van der Waals surface area contributed by atoms with E-state index in [1.165, 1.54) is 6.08 Å². The maximum Gasteiger partial charge on any atom is 0.271 e. The molecule has 0 bridgehead atoms. The lowest BCUT2D eigenvalue weighted by molar-refractivity contribution is -0.130. The lowest BCUT2D eigenvalue weighted by atomic mass is 9.86. The highest BCUT2D eigenvalue weighted by molar-refractivity contribution is 6.32. The van der Waals surface area contributed by atoms with E-state index in [1.807, 2.05) is 24.5 Å². The third kappa shape index (κ3) is 5.02. The van der Waals surface area contributed by atoms with E-state index in [9.17, 15) is 9.59 Å². The summed E-state index contributed by atoms with van der Waals surface area (Å²) in [6.45, 7) is 14.8. The van der Waals surface area contributed by atoms with Crippen LogP contribution in [0.1, 0.15) is 68.2 Å². The zero-order chi connectivity index (χ0) is 26.4. The van der Waals surface area contributed by atoms with Crippen molar-refractivity contribution in [1.82, 2.24) is 30.0 Å². The first-order valence-electron chi connectivity index (χ1n) is 12.1. The molecule has 4 rings (SSSR count). The highest BCUT2D eigenvalue weighted by atomic mass is 35.5. The Morgan fingerprint density at radius 2 is 1.94 bits per heavy atom. The molecule has 1 aromatic carbocycles. The van der Waals surface area contributed by atoms with Crippen LogP contribution in [0.5, 0.6) is 0 Å². The van der Waals surface area contributed by atoms with Gasteiger partial charge in [0.2, 0.25) is 5.91 Å². The third-order valence-corrected chi connectivity index (χ3v) is 7.08. The Hall–Kier alpha value is -2.84.